The van der Waals surface area contributed by atoms with Crippen LogP contribution in [0.15, 0.2) is 18.2 Å². The molecule has 1 aliphatic rings. The number of non-ortho nitro benzene ring substituents is 1. The van der Waals surface area contributed by atoms with Crippen LogP contribution in [-0.2, 0) is 9.53 Å². The monoisotopic (exact) mass is 280 g/mol. The van der Waals surface area contributed by atoms with Gasteiger partial charge in [-0.25, -0.2) is 4.79 Å². The Morgan fingerprint density at radius 2 is 2.20 bits per heavy atom. The highest BCUT2D eigenvalue weighted by Gasteiger charge is 2.25. The maximum atomic E-state index is 11.8. The van der Waals surface area contributed by atoms with Gasteiger partial charge in [-0.05, 0) is 18.9 Å². The lowest BCUT2D eigenvalue weighted by molar-refractivity contribution is -0.384. The Morgan fingerprint density at radius 3 is 2.75 bits per heavy atom. The maximum absolute atomic E-state index is 11.8. The number of carbonyl (C=O) groups is 2. The van der Waals surface area contributed by atoms with E-state index in [9.17, 15) is 19.7 Å². The molecule has 0 aromatic heterocycles. The SMILES string of the molecule is O=C(O)c1cc([N+](=O)[O-])ccc1NC(=O)[C@H]1CCCO1. The number of carboxylic acids is 1. The highest BCUT2D eigenvalue weighted by atomic mass is 16.6. The summed E-state index contributed by atoms with van der Waals surface area (Å²) in [5.74, 6) is -1.80. The van der Waals surface area contributed by atoms with Gasteiger partial charge in [0.1, 0.15) is 6.10 Å². The van der Waals surface area contributed by atoms with Gasteiger partial charge in [-0.3, -0.25) is 14.9 Å². The number of rotatable bonds is 4. The number of carbonyl (C=O) groups excluding carboxylic acids is 1. The second kappa shape index (κ2) is 5.66. The van der Waals surface area contributed by atoms with Crippen molar-refractivity contribution < 1.29 is 24.4 Å². The smallest absolute Gasteiger partial charge is 0.338 e. The van der Waals surface area contributed by atoms with Crippen LogP contribution >= 0.6 is 0 Å². The molecule has 8 heteroatoms. The molecule has 106 valence electrons. The van der Waals surface area contributed by atoms with E-state index in [4.69, 9.17) is 9.84 Å². The highest BCUT2D eigenvalue weighted by molar-refractivity contribution is 6.02. The van der Waals surface area contributed by atoms with Gasteiger partial charge in [-0.15, -0.1) is 0 Å². The molecule has 0 saturated carbocycles. The number of nitro benzene ring substituents is 1. The molecule has 1 saturated heterocycles. The quantitative estimate of drug-likeness (QED) is 0.635. The van der Waals surface area contributed by atoms with Gasteiger partial charge in [0.2, 0.25) is 0 Å². The molecule has 0 bridgehead atoms. The third-order valence-corrected chi connectivity index (χ3v) is 2.92. The first kappa shape index (κ1) is 13.9. The molecule has 1 atom stereocenters. The summed E-state index contributed by atoms with van der Waals surface area (Å²) in [4.78, 5) is 32.9. The van der Waals surface area contributed by atoms with Gasteiger partial charge < -0.3 is 15.2 Å². The molecule has 2 N–H and O–H groups in total. The van der Waals surface area contributed by atoms with Crippen molar-refractivity contribution in [2.45, 2.75) is 18.9 Å². The molecule has 2 rings (SSSR count). The van der Waals surface area contributed by atoms with Crippen LogP contribution in [0.5, 0.6) is 0 Å². The summed E-state index contributed by atoms with van der Waals surface area (Å²) in [5.41, 5.74) is -0.660. The molecule has 20 heavy (non-hydrogen) atoms. The van der Waals surface area contributed by atoms with E-state index < -0.39 is 22.9 Å². The van der Waals surface area contributed by atoms with Crippen molar-refractivity contribution in [1.29, 1.82) is 0 Å². The normalized spacial score (nSPS) is 17.7. The van der Waals surface area contributed by atoms with Gasteiger partial charge in [-0.1, -0.05) is 0 Å². The number of nitro groups is 1. The Morgan fingerprint density at radius 1 is 1.45 bits per heavy atom. The van der Waals surface area contributed by atoms with Crippen molar-refractivity contribution in [3.05, 3.63) is 33.9 Å². The average Bonchev–Trinajstić information content (AvgIpc) is 2.92. The van der Waals surface area contributed by atoms with Crippen molar-refractivity contribution in [1.82, 2.24) is 0 Å². The van der Waals surface area contributed by atoms with Crippen molar-refractivity contribution in [3.63, 3.8) is 0 Å². The molecule has 1 aromatic carbocycles. The Labute approximate surface area is 113 Å². The van der Waals surface area contributed by atoms with E-state index in [0.29, 0.717) is 13.0 Å². The number of hydrogen-bond donors (Lipinski definition) is 2. The molecular formula is C12H12N2O6. The lowest BCUT2D eigenvalue weighted by atomic mass is 10.1. The third-order valence-electron chi connectivity index (χ3n) is 2.92. The number of amides is 1. The second-order valence-corrected chi connectivity index (χ2v) is 4.28. The summed E-state index contributed by atoms with van der Waals surface area (Å²) < 4.78 is 5.18. The van der Waals surface area contributed by atoms with E-state index in [1.165, 1.54) is 6.07 Å². The van der Waals surface area contributed by atoms with Gasteiger partial charge in [-0.2, -0.15) is 0 Å². The molecule has 0 radical (unpaired) electrons. The van der Waals surface area contributed by atoms with Gasteiger partial charge >= 0.3 is 5.97 Å². The molecule has 0 unspecified atom stereocenters. The number of ether oxygens (including phenoxy) is 1. The number of anilines is 1. The first-order chi connectivity index (χ1) is 9.49. The van der Waals surface area contributed by atoms with Crippen LogP contribution in [0.3, 0.4) is 0 Å². The molecule has 1 amide bonds. The Hall–Kier alpha value is -2.48. The molecule has 1 heterocycles. The lowest BCUT2D eigenvalue weighted by Crippen LogP contribution is -2.27. The molecule has 1 fully saturated rings. The maximum Gasteiger partial charge on any atom is 0.338 e. The molecule has 0 aliphatic carbocycles. The van der Waals surface area contributed by atoms with Crippen LogP contribution in [0.4, 0.5) is 11.4 Å². The fraction of sp³-hybridized carbons (Fsp3) is 0.333. The number of hydrogen-bond acceptors (Lipinski definition) is 5. The first-order valence-electron chi connectivity index (χ1n) is 5.93. The zero-order valence-electron chi connectivity index (χ0n) is 10.4. The Bertz CT molecular complexity index is 565. The lowest BCUT2D eigenvalue weighted by Gasteiger charge is -2.12. The van der Waals surface area contributed by atoms with E-state index in [1.807, 2.05) is 0 Å². The fourth-order valence-electron chi connectivity index (χ4n) is 1.93. The number of carboxylic acid groups (broad SMARTS) is 1. The number of benzene rings is 1. The first-order valence-corrected chi connectivity index (χ1v) is 5.93. The topological polar surface area (TPSA) is 119 Å². The van der Waals surface area contributed by atoms with Crippen LogP contribution in [0.2, 0.25) is 0 Å². The molecule has 8 nitrogen and oxygen atoms in total. The van der Waals surface area contributed by atoms with Crippen molar-refractivity contribution in [3.8, 4) is 0 Å². The van der Waals surface area contributed by atoms with Gasteiger partial charge in [0.25, 0.3) is 11.6 Å². The summed E-state index contributed by atoms with van der Waals surface area (Å²) in [6.45, 7) is 0.490. The summed E-state index contributed by atoms with van der Waals surface area (Å²) in [7, 11) is 0. The van der Waals surface area contributed by atoms with Crippen LogP contribution < -0.4 is 5.32 Å². The predicted octanol–water partition coefficient (Wildman–Crippen LogP) is 1.41. The van der Waals surface area contributed by atoms with Crippen molar-refractivity contribution >= 4 is 23.3 Å². The number of nitrogens with one attached hydrogen (secondary N) is 1. The molecule has 0 spiro atoms. The standard InChI is InChI=1S/C12H12N2O6/c15-11(10-2-1-5-20-10)13-9-4-3-7(14(18)19)6-8(9)12(16)17/h3-4,6,10H,1-2,5H2,(H,13,15)(H,16,17)/t10-/m1/s1. The van der Waals surface area contributed by atoms with Crippen LogP contribution in [0.1, 0.15) is 23.2 Å². The minimum atomic E-state index is -1.35. The summed E-state index contributed by atoms with van der Waals surface area (Å²) in [5, 5.41) is 22.1. The zero-order chi connectivity index (χ0) is 14.7. The summed E-state index contributed by atoms with van der Waals surface area (Å²) in [6.07, 6.45) is 0.734. The van der Waals surface area contributed by atoms with Gasteiger partial charge in [0.05, 0.1) is 16.2 Å². The van der Waals surface area contributed by atoms with Gasteiger partial charge in [0, 0.05) is 18.7 Å². The minimum absolute atomic E-state index is 0.0172. The predicted molar refractivity (Wildman–Crippen MR) is 67.7 cm³/mol. The van der Waals surface area contributed by atoms with E-state index in [2.05, 4.69) is 5.32 Å². The van der Waals surface area contributed by atoms with Crippen LogP contribution in [0, 0.1) is 10.1 Å². The van der Waals surface area contributed by atoms with Crippen LogP contribution in [0.25, 0.3) is 0 Å². The van der Waals surface area contributed by atoms with Crippen LogP contribution in [-0.4, -0.2) is 34.6 Å². The van der Waals surface area contributed by atoms with E-state index >= 15 is 0 Å². The Kier molecular flexibility index (Phi) is 3.94. The minimum Gasteiger partial charge on any atom is -0.478 e. The van der Waals surface area contributed by atoms with Crippen molar-refractivity contribution in [2.75, 3.05) is 11.9 Å². The molecule has 1 aromatic rings. The number of aromatic carboxylic acids is 1. The van der Waals surface area contributed by atoms with E-state index in [0.717, 1.165) is 18.6 Å². The van der Waals surface area contributed by atoms with E-state index in [-0.39, 0.29) is 16.9 Å². The summed E-state index contributed by atoms with van der Waals surface area (Å²) >= 11 is 0. The average molecular weight is 280 g/mol. The molecular weight excluding hydrogens is 268 g/mol. The largest absolute Gasteiger partial charge is 0.478 e. The van der Waals surface area contributed by atoms with Gasteiger partial charge in [0.15, 0.2) is 0 Å². The van der Waals surface area contributed by atoms with Crippen molar-refractivity contribution in [2.24, 2.45) is 0 Å². The van der Waals surface area contributed by atoms with E-state index in [1.54, 1.807) is 0 Å². The molecule has 1 aliphatic heterocycles. The number of nitrogens with zero attached hydrogens (tertiary/aromatic N) is 1. The fourth-order valence-corrected chi connectivity index (χ4v) is 1.93. The second-order valence-electron chi connectivity index (χ2n) is 4.28. The summed E-state index contributed by atoms with van der Waals surface area (Å²) in [6, 6.07) is 3.25. The zero-order valence-corrected chi connectivity index (χ0v) is 10.4. The third kappa shape index (κ3) is 2.91. The Balaban J connectivity index is 2.24. The highest BCUT2D eigenvalue weighted by Crippen LogP contribution is 2.23.